The number of likely N-dealkylation sites (tertiary alicyclic amines) is 1. The average Bonchev–Trinajstić information content (AvgIpc) is 3.39. The topological polar surface area (TPSA) is 108 Å². The standard InChI is InChI=1S/C39H49F4N5O4/c1-37(40,41)33-30(34(49)45-26-16-23-13-24(17-26)15-25(14-23)35(50)51)19-44-36(46-33)48-20-38(11-3-2-4-12-38)31-18-29(9-10-32(31)48)52-28-7-5-27(6-8-28)47-21-39(42,43)22-47/h9-10,18-19,23-28H,2-8,11-17,20-22H2,1H3,(H,45,49)(H,50,51)/t23?,24?,25?,26?,27-,28-. The highest BCUT2D eigenvalue weighted by Crippen LogP contribution is 2.52. The van der Waals surface area contributed by atoms with E-state index < -0.39 is 29.4 Å². The lowest BCUT2D eigenvalue weighted by Gasteiger charge is -2.46. The fourth-order valence-electron chi connectivity index (χ4n) is 10.5. The zero-order valence-electron chi connectivity index (χ0n) is 29.8. The average molecular weight is 728 g/mol. The summed E-state index contributed by atoms with van der Waals surface area (Å²) in [6.45, 7) is 0.995. The first-order chi connectivity index (χ1) is 24.7. The first-order valence-electron chi connectivity index (χ1n) is 19.2. The number of hydrogen-bond donors (Lipinski definition) is 2. The van der Waals surface area contributed by atoms with Crippen LogP contribution in [0.15, 0.2) is 24.4 Å². The van der Waals surface area contributed by atoms with Crippen molar-refractivity contribution in [1.82, 2.24) is 20.2 Å². The third-order valence-electron chi connectivity index (χ3n) is 12.9. The van der Waals surface area contributed by atoms with Gasteiger partial charge >= 0.3 is 5.97 Å². The number of halogens is 4. The predicted octanol–water partition coefficient (Wildman–Crippen LogP) is 7.59. The fraction of sp³-hybridized carbons (Fsp3) is 0.692. The Hall–Kier alpha value is -3.48. The second-order valence-corrected chi connectivity index (χ2v) is 16.9. The van der Waals surface area contributed by atoms with Crippen LogP contribution in [0.25, 0.3) is 0 Å². The van der Waals surface area contributed by atoms with Gasteiger partial charge in [0, 0.05) is 42.9 Å². The highest BCUT2D eigenvalue weighted by Gasteiger charge is 2.48. The number of nitrogens with zero attached hydrogens (tertiary/aromatic N) is 4. The van der Waals surface area contributed by atoms with E-state index in [1.807, 2.05) is 21.9 Å². The summed E-state index contributed by atoms with van der Waals surface area (Å²) in [6, 6.07) is 5.92. The third-order valence-corrected chi connectivity index (χ3v) is 12.9. The Morgan fingerprint density at radius 3 is 2.29 bits per heavy atom. The molecule has 282 valence electrons. The van der Waals surface area contributed by atoms with E-state index in [-0.39, 0.29) is 66.0 Å². The van der Waals surface area contributed by atoms with Crippen LogP contribution in [0.5, 0.6) is 5.75 Å². The molecular weight excluding hydrogens is 678 g/mol. The molecule has 4 saturated carbocycles. The molecule has 1 aromatic carbocycles. The molecule has 1 spiro atoms. The number of aliphatic carboxylic acids is 1. The minimum absolute atomic E-state index is 0.00198. The maximum atomic E-state index is 15.3. The van der Waals surface area contributed by atoms with Crippen molar-refractivity contribution < 1.29 is 37.0 Å². The maximum Gasteiger partial charge on any atom is 0.306 e. The van der Waals surface area contributed by atoms with Crippen LogP contribution in [0.3, 0.4) is 0 Å². The minimum Gasteiger partial charge on any atom is -0.490 e. The molecule has 2 bridgehead atoms. The van der Waals surface area contributed by atoms with Crippen molar-refractivity contribution in [2.24, 2.45) is 17.8 Å². The number of nitrogens with one attached hydrogen (secondary N) is 1. The van der Waals surface area contributed by atoms with Crippen molar-refractivity contribution in [1.29, 1.82) is 0 Å². The molecule has 52 heavy (non-hydrogen) atoms. The summed E-state index contributed by atoms with van der Waals surface area (Å²) < 4.78 is 63.9. The zero-order chi connectivity index (χ0) is 36.4. The highest BCUT2D eigenvalue weighted by molar-refractivity contribution is 5.95. The van der Waals surface area contributed by atoms with Crippen LogP contribution >= 0.6 is 0 Å². The summed E-state index contributed by atoms with van der Waals surface area (Å²) in [4.78, 5) is 37.9. The molecular formula is C39H49F4N5O4. The van der Waals surface area contributed by atoms with Gasteiger partial charge in [0.1, 0.15) is 11.4 Å². The van der Waals surface area contributed by atoms with Crippen molar-refractivity contribution in [3.63, 3.8) is 0 Å². The Kier molecular flexibility index (Phi) is 9.18. The summed E-state index contributed by atoms with van der Waals surface area (Å²) in [6.07, 6.45) is 13.0. The van der Waals surface area contributed by atoms with E-state index in [9.17, 15) is 23.5 Å². The lowest BCUT2D eigenvalue weighted by Crippen LogP contribution is -2.60. The maximum absolute atomic E-state index is 15.3. The molecule has 1 saturated heterocycles. The van der Waals surface area contributed by atoms with E-state index in [1.165, 1.54) is 6.20 Å². The van der Waals surface area contributed by atoms with Crippen molar-refractivity contribution in [2.45, 2.75) is 132 Å². The van der Waals surface area contributed by atoms with Crippen LogP contribution in [-0.4, -0.2) is 75.6 Å². The summed E-state index contributed by atoms with van der Waals surface area (Å²) >= 11 is 0. The van der Waals surface area contributed by atoms with Gasteiger partial charge in [-0.2, -0.15) is 8.78 Å². The number of rotatable bonds is 8. The number of fused-ring (bicyclic) bond motifs is 4. The summed E-state index contributed by atoms with van der Waals surface area (Å²) in [5, 5.41) is 12.5. The van der Waals surface area contributed by atoms with Gasteiger partial charge in [-0.25, -0.2) is 18.7 Å². The van der Waals surface area contributed by atoms with Gasteiger partial charge in [0.2, 0.25) is 5.95 Å². The Morgan fingerprint density at radius 2 is 1.65 bits per heavy atom. The molecule has 13 heteroatoms. The van der Waals surface area contributed by atoms with Gasteiger partial charge in [-0.3, -0.25) is 14.5 Å². The van der Waals surface area contributed by atoms with Gasteiger partial charge in [0.05, 0.1) is 30.7 Å². The normalized spacial score (nSPS) is 31.1. The molecule has 2 aliphatic heterocycles. The van der Waals surface area contributed by atoms with Crippen LogP contribution in [0.4, 0.5) is 29.2 Å². The molecule has 6 aliphatic rings. The van der Waals surface area contributed by atoms with E-state index in [0.29, 0.717) is 32.2 Å². The summed E-state index contributed by atoms with van der Waals surface area (Å²) in [5.74, 6) is -6.49. The SMILES string of the molecule is CC(F)(F)c1nc(N2CC3(CCCCC3)c3cc(O[C@H]4CC[C@H](N5CC(F)(F)C5)CC4)ccc32)ncc1C(=O)NC1CC2CC(C1)CC(C(=O)O)C2. The van der Waals surface area contributed by atoms with Gasteiger partial charge in [0.25, 0.3) is 17.8 Å². The van der Waals surface area contributed by atoms with E-state index in [4.69, 9.17) is 4.74 Å². The Labute approximate surface area is 301 Å². The Morgan fingerprint density at radius 1 is 0.962 bits per heavy atom. The quantitative estimate of drug-likeness (QED) is 0.268. The molecule has 0 radical (unpaired) electrons. The molecule has 2 unspecified atom stereocenters. The summed E-state index contributed by atoms with van der Waals surface area (Å²) in [5.41, 5.74) is 0.890. The molecule has 4 aliphatic carbocycles. The van der Waals surface area contributed by atoms with Crippen LogP contribution in [-0.2, 0) is 16.1 Å². The molecule has 2 N–H and O–H groups in total. The van der Waals surface area contributed by atoms with Gasteiger partial charge in [-0.1, -0.05) is 19.3 Å². The van der Waals surface area contributed by atoms with Crippen LogP contribution in [0, 0.1) is 17.8 Å². The van der Waals surface area contributed by atoms with Gasteiger partial charge < -0.3 is 20.1 Å². The number of hydrogen-bond acceptors (Lipinski definition) is 7. The van der Waals surface area contributed by atoms with Crippen molar-refractivity contribution in [3.05, 3.63) is 41.2 Å². The number of carbonyl (C=O) groups is 2. The van der Waals surface area contributed by atoms with Crippen molar-refractivity contribution in [2.75, 3.05) is 24.5 Å². The van der Waals surface area contributed by atoms with E-state index >= 15 is 8.78 Å². The number of anilines is 2. The number of benzene rings is 1. The van der Waals surface area contributed by atoms with E-state index in [2.05, 4.69) is 21.4 Å². The van der Waals surface area contributed by atoms with Crippen LogP contribution in [0.2, 0.25) is 0 Å². The fourth-order valence-corrected chi connectivity index (χ4v) is 10.5. The van der Waals surface area contributed by atoms with Gasteiger partial charge in [-0.15, -0.1) is 0 Å². The molecule has 1 amide bonds. The number of ether oxygens (including phenoxy) is 1. The minimum atomic E-state index is -3.40. The molecule has 5 fully saturated rings. The van der Waals surface area contributed by atoms with Crippen LogP contribution in [0.1, 0.15) is 118 Å². The van der Waals surface area contributed by atoms with Gasteiger partial charge in [0.15, 0.2) is 0 Å². The van der Waals surface area contributed by atoms with E-state index in [1.54, 1.807) is 0 Å². The number of carboxylic acids is 1. The molecule has 2 aromatic rings. The Bertz CT molecular complexity index is 1670. The summed E-state index contributed by atoms with van der Waals surface area (Å²) in [7, 11) is 0. The lowest BCUT2D eigenvalue weighted by atomic mass is 9.66. The van der Waals surface area contributed by atoms with Crippen molar-refractivity contribution in [3.8, 4) is 5.75 Å². The second kappa shape index (κ2) is 13.4. The second-order valence-electron chi connectivity index (χ2n) is 16.9. The number of alkyl halides is 4. The molecule has 1 aromatic heterocycles. The first-order valence-corrected chi connectivity index (χ1v) is 19.2. The predicted molar refractivity (Wildman–Crippen MR) is 185 cm³/mol. The zero-order valence-corrected chi connectivity index (χ0v) is 29.8. The molecule has 3 heterocycles. The monoisotopic (exact) mass is 727 g/mol. The Balaban J connectivity index is 0.998. The number of carboxylic acid groups (broad SMARTS) is 1. The van der Waals surface area contributed by atoms with Gasteiger partial charge in [-0.05, 0) is 106 Å². The van der Waals surface area contributed by atoms with Crippen molar-refractivity contribution >= 4 is 23.5 Å². The first kappa shape index (κ1) is 35.5. The molecule has 8 rings (SSSR count). The molecule has 9 nitrogen and oxygen atoms in total. The third kappa shape index (κ3) is 6.98. The largest absolute Gasteiger partial charge is 0.490 e. The van der Waals surface area contributed by atoms with E-state index in [0.717, 1.165) is 88.1 Å². The lowest BCUT2D eigenvalue weighted by molar-refractivity contribution is -0.151. The smallest absolute Gasteiger partial charge is 0.306 e. The number of carbonyl (C=O) groups excluding carboxylic acids is 1. The molecule has 2 atom stereocenters. The number of aromatic nitrogens is 2. The number of amides is 1. The van der Waals surface area contributed by atoms with Crippen LogP contribution < -0.4 is 15.0 Å². The highest BCUT2D eigenvalue weighted by atomic mass is 19.3.